The topological polar surface area (TPSA) is 56.8 Å². The Labute approximate surface area is 194 Å². The van der Waals surface area contributed by atoms with E-state index in [1.165, 1.54) is 12.1 Å². The van der Waals surface area contributed by atoms with Gasteiger partial charge in [0.15, 0.2) is 0 Å². The van der Waals surface area contributed by atoms with Crippen molar-refractivity contribution in [1.29, 1.82) is 0 Å². The van der Waals surface area contributed by atoms with Crippen molar-refractivity contribution in [3.05, 3.63) is 58.7 Å². The van der Waals surface area contributed by atoms with Gasteiger partial charge < -0.3 is 14.7 Å². The zero-order valence-corrected chi connectivity index (χ0v) is 18.6. The number of carbonyl (C=O) groups excluding carboxylic acids is 2. The van der Waals surface area contributed by atoms with Gasteiger partial charge in [0.1, 0.15) is 11.0 Å². The Kier molecular flexibility index (Phi) is 6.78. The third-order valence-corrected chi connectivity index (χ3v) is 6.42. The lowest BCUT2D eigenvalue weighted by Crippen LogP contribution is -2.52. The standard InChI is InChI=1S/C23H24ClF3N4O2/c24-19-2-1-3-20(28-19)29-12-14-31(15-13-29)22(33)17-8-10-30(11-9-17)21(32)16-4-6-18(7-5-16)23(25,26)27/h1-7,17H,8-15H2. The van der Waals surface area contributed by atoms with Gasteiger partial charge in [-0.2, -0.15) is 13.2 Å². The number of nitrogens with zero attached hydrogens (tertiary/aromatic N) is 4. The zero-order valence-electron chi connectivity index (χ0n) is 17.9. The van der Waals surface area contributed by atoms with E-state index in [9.17, 15) is 22.8 Å². The Bertz CT molecular complexity index is 1000. The second-order valence-electron chi connectivity index (χ2n) is 8.27. The van der Waals surface area contributed by atoms with Crippen molar-refractivity contribution in [2.75, 3.05) is 44.2 Å². The fourth-order valence-electron chi connectivity index (χ4n) is 4.30. The lowest BCUT2D eigenvalue weighted by Gasteiger charge is -2.39. The van der Waals surface area contributed by atoms with Crippen LogP contribution in [-0.2, 0) is 11.0 Å². The highest BCUT2D eigenvalue weighted by atomic mass is 35.5. The van der Waals surface area contributed by atoms with Crippen molar-refractivity contribution >= 4 is 29.2 Å². The number of rotatable bonds is 3. The summed E-state index contributed by atoms with van der Waals surface area (Å²) in [6.45, 7) is 3.34. The van der Waals surface area contributed by atoms with Crippen LogP contribution in [0.25, 0.3) is 0 Å². The molecule has 176 valence electrons. The molecule has 10 heteroatoms. The van der Waals surface area contributed by atoms with Gasteiger partial charge in [0.25, 0.3) is 5.91 Å². The average Bonchev–Trinajstić information content (AvgIpc) is 2.83. The Balaban J connectivity index is 1.27. The summed E-state index contributed by atoms with van der Waals surface area (Å²) in [4.78, 5) is 35.5. The van der Waals surface area contributed by atoms with Crippen molar-refractivity contribution < 1.29 is 22.8 Å². The van der Waals surface area contributed by atoms with Gasteiger partial charge in [-0.25, -0.2) is 4.98 Å². The molecule has 2 aromatic rings. The van der Waals surface area contributed by atoms with Gasteiger partial charge in [0.05, 0.1) is 5.56 Å². The molecule has 2 aliphatic heterocycles. The smallest absolute Gasteiger partial charge is 0.353 e. The highest BCUT2D eigenvalue weighted by molar-refractivity contribution is 6.29. The molecule has 1 aromatic heterocycles. The number of pyridine rings is 1. The number of amides is 2. The van der Waals surface area contributed by atoms with Gasteiger partial charge in [-0.15, -0.1) is 0 Å². The highest BCUT2D eigenvalue weighted by Crippen LogP contribution is 2.29. The maximum atomic E-state index is 13.0. The Morgan fingerprint density at radius 1 is 0.879 bits per heavy atom. The molecule has 0 bridgehead atoms. The fourth-order valence-corrected chi connectivity index (χ4v) is 4.46. The van der Waals surface area contributed by atoms with Crippen LogP contribution < -0.4 is 4.90 Å². The van der Waals surface area contributed by atoms with E-state index in [0.29, 0.717) is 57.3 Å². The molecule has 4 rings (SSSR count). The van der Waals surface area contributed by atoms with Gasteiger partial charge in [-0.3, -0.25) is 9.59 Å². The molecule has 2 saturated heterocycles. The van der Waals surface area contributed by atoms with Crippen LogP contribution in [0.3, 0.4) is 0 Å². The van der Waals surface area contributed by atoms with E-state index in [0.717, 1.165) is 18.0 Å². The summed E-state index contributed by atoms with van der Waals surface area (Å²) in [7, 11) is 0. The molecule has 0 unspecified atom stereocenters. The van der Waals surface area contributed by atoms with Crippen molar-refractivity contribution in [2.45, 2.75) is 19.0 Å². The van der Waals surface area contributed by atoms with Crippen LogP contribution in [-0.4, -0.2) is 65.9 Å². The molecule has 0 spiro atoms. The first-order chi connectivity index (χ1) is 15.7. The van der Waals surface area contributed by atoms with Gasteiger partial charge in [-0.05, 0) is 49.2 Å². The number of anilines is 1. The molecule has 2 amide bonds. The molecule has 0 N–H and O–H groups in total. The third-order valence-electron chi connectivity index (χ3n) is 6.21. The van der Waals surface area contributed by atoms with Crippen molar-refractivity contribution in [3.8, 4) is 0 Å². The highest BCUT2D eigenvalue weighted by Gasteiger charge is 2.33. The molecule has 0 radical (unpaired) electrons. The number of likely N-dealkylation sites (tertiary alicyclic amines) is 1. The predicted molar refractivity (Wildman–Crippen MR) is 118 cm³/mol. The summed E-state index contributed by atoms with van der Waals surface area (Å²) in [5, 5.41) is 0.434. The number of hydrogen-bond donors (Lipinski definition) is 0. The van der Waals surface area contributed by atoms with Crippen LogP contribution in [0.2, 0.25) is 5.15 Å². The van der Waals surface area contributed by atoms with E-state index >= 15 is 0 Å². The largest absolute Gasteiger partial charge is 0.416 e. The number of piperazine rings is 1. The molecule has 3 heterocycles. The predicted octanol–water partition coefficient (Wildman–Crippen LogP) is 3.95. The van der Waals surface area contributed by atoms with Crippen LogP contribution in [0.5, 0.6) is 0 Å². The van der Waals surface area contributed by atoms with E-state index in [-0.39, 0.29) is 23.3 Å². The second kappa shape index (κ2) is 9.59. The maximum absolute atomic E-state index is 13.0. The molecular formula is C23H24ClF3N4O2. The van der Waals surface area contributed by atoms with E-state index in [1.807, 2.05) is 17.0 Å². The number of piperidine rings is 1. The number of halogens is 4. The summed E-state index contributed by atoms with van der Waals surface area (Å²) < 4.78 is 38.2. The molecule has 2 fully saturated rings. The molecule has 0 saturated carbocycles. The molecule has 6 nitrogen and oxygen atoms in total. The average molecular weight is 481 g/mol. The number of benzene rings is 1. The SMILES string of the molecule is O=C(c1ccc(C(F)(F)F)cc1)N1CCC(C(=O)N2CCN(c3cccc(Cl)n3)CC2)CC1. The zero-order chi connectivity index (χ0) is 23.6. The molecule has 0 aliphatic carbocycles. The van der Waals surface area contributed by atoms with Crippen LogP contribution in [0, 0.1) is 5.92 Å². The normalized spacial score (nSPS) is 17.9. The first-order valence-corrected chi connectivity index (χ1v) is 11.2. The van der Waals surface area contributed by atoms with E-state index in [1.54, 1.807) is 11.0 Å². The third kappa shape index (κ3) is 5.40. The van der Waals surface area contributed by atoms with Crippen molar-refractivity contribution in [2.24, 2.45) is 5.92 Å². The number of hydrogen-bond acceptors (Lipinski definition) is 4. The van der Waals surface area contributed by atoms with E-state index < -0.39 is 11.7 Å². The minimum atomic E-state index is -4.43. The second-order valence-corrected chi connectivity index (χ2v) is 8.66. The quantitative estimate of drug-likeness (QED) is 0.624. The van der Waals surface area contributed by atoms with Crippen LogP contribution in [0.15, 0.2) is 42.5 Å². The van der Waals surface area contributed by atoms with Gasteiger partial charge >= 0.3 is 6.18 Å². The summed E-state index contributed by atoms with van der Waals surface area (Å²) in [5.41, 5.74) is -0.562. The molecular weight excluding hydrogens is 457 g/mol. The van der Waals surface area contributed by atoms with Crippen molar-refractivity contribution in [3.63, 3.8) is 0 Å². The lowest BCUT2D eigenvalue weighted by atomic mass is 9.94. The fraction of sp³-hybridized carbons (Fsp3) is 0.435. The molecule has 1 aromatic carbocycles. The van der Waals surface area contributed by atoms with Gasteiger partial charge in [0, 0.05) is 50.7 Å². The van der Waals surface area contributed by atoms with Crippen LogP contribution in [0.1, 0.15) is 28.8 Å². The lowest BCUT2D eigenvalue weighted by molar-refractivity contribution is -0.138. The maximum Gasteiger partial charge on any atom is 0.416 e. The number of carbonyl (C=O) groups is 2. The molecule has 33 heavy (non-hydrogen) atoms. The summed E-state index contributed by atoms with van der Waals surface area (Å²) in [6.07, 6.45) is -3.35. The Morgan fingerprint density at radius 3 is 2.09 bits per heavy atom. The summed E-state index contributed by atoms with van der Waals surface area (Å²) in [6, 6.07) is 9.71. The first-order valence-electron chi connectivity index (χ1n) is 10.9. The Hall–Kier alpha value is -2.81. The van der Waals surface area contributed by atoms with Gasteiger partial charge in [-0.1, -0.05) is 17.7 Å². The summed E-state index contributed by atoms with van der Waals surface area (Å²) in [5.74, 6) is 0.426. The van der Waals surface area contributed by atoms with Gasteiger partial charge in [0.2, 0.25) is 5.91 Å². The van der Waals surface area contributed by atoms with Crippen molar-refractivity contribution in [1.82, 2.24) is 14.8 Å². The number of alkyl halides is 3. The first kappa shape index (κ1) is 23.4. The molecule has 0 atom stereocenters. The van der Waals surface area contributed by atoms with E-state index in [4.69, 9.17) is 11.6 Å². The summed E-state index contributed by atoms with van der Waals surface area (Å²) >= 11 is 5.97. The van der Waals surface area contributed by atoms with Crippen LogP contribution in [0.4, 0.5) is 19.0 Å². The minimum absolute atomic E-state index is 0.0929. The van der Waals surface area contributed by atoms with Crippen LogP contribution >= 0.6 is 11.6 Å². The minimum Gasteiger partial charge on any atom is -0.353 e. The molecule has 2 aliphatic rings. The number of aromatic nitrogens is 1. The van der Waals surface area contributed by atoms with E-state index in [2.05, 4.69) is 9.88 Å². The monoisotopic (exact) mass is 480 g/mol. The Morgan fingerprint density at radius 2 is 1.52 bits per heavy atom.